The van der Waals surface area contributed by atoms with Crippen molar-refractivity contribution in [3.63, 3.8) is 0 Å². The molecule has 0 amide bonds. The number of para-hydroxylation sites is 1. The first-order chi connectivity index (χ1) is 9.11. The fourth-order valence-electron chi connectivity index (χ4n) is 1.35. The van der Waals surface area contributed by atoms with E-state index in [1.807, 2.05) is 6.07 Å². The van der Waals surface area contributed by atoms with Crippen molar-refractivity contribution in [3.8, 4) is 17.7 Å². The molecule has 0 atom stereocenters. The van der Waals surface area contributed by atoms with Crippen LogP contribution in [0.1, 0.15) is 5.56 Å². The first-order valence-corrected chi connectivity index (χ1v) is 5.08. The van der Waals surface area contributed by atoms with Crippen molar-refractivity contribution < 1.29 is 14.1 Å². The fourth-order valence-corrected chi connectivity index (χ4v) is 1.35. The van der Waals surface area contributed by atoms with Crippen LogP contribution in [0, 0.1) is 27.3 Å². The molecule has 0 unspecified atom stereocenters. The first-order valence-electron chi connectivity index (χ1n) is 5.08. The van der Waals surface area contributed by atoms with Gasteiger partial charge in [-0.05, 0) is 12.1 Å². The van der Waals surface area contributed by atoms with E-state index in [2.05, 4.69) is 4.98 Å². The minimum Gasteiger partial charge on any atom is -0.429 e. The number of pyridine rings is 1. The predicted octanol–water partition coefficient (Wildman–Crippen LogP) is 2.79. The lowest BCUT2D eigenvalue weighted by atomic mass is 10.3. The SMILES string of the molecule is N#Cc1ccc(Oc2c(F)cccc2[N+](=O)[O-])nc1. The highest BCUT2D eigenvalue weighted by atomic mass is 19.1. The Morgan fingerprint density at radius 3 is 2.74 bits per heavy atom. The van der Waals surface area contributed by atoms with E-state index >= 15 is 0 Å². The molecule has 0 bridgehead atoms. The largest absolute Gasteiger partial charge is 0.429 e. The Hall–Kier alpha value is -3.01. The van der Waals surface area contributed by atoms with E-state index in [1.165, 1.54) is 24.4 Å². The molecule has 1 heterocycles. The van der Waals surface area contributed by atoms with Crippen molar-refractivity contribution in [2.24, 2.45) is 0 Å². The molecule has 7 heteroatoms. The number of hydrogen-bond acceptors (Lipinski definition) is 5. The zero-order chi connectivity index (χ0) is 13.8. The number of halogens is 1. The summed E-state index contributed by atoms with van der Waals surface area (Å²) >= 11 is 0. The average molecular weight is 259 g/mol. The second-order valence-corrected chi connectivity index (χ2v) is 3.44. The van der Waals surface area contributed by atoms with Gasteiger partial charge in [-0.1, -0.05) is 6.07 Å². The number of benzene rings is 1. The Kier molecular flexibility index (Phi) is 3.34. The topological polar surface area (TPSA) is 89.0 Å². The molecule has 2 aromatic rings. The maximum atomic E-state index is 13.5. The van der Waals surface area contributed by atoms with Gasteiger partial charge in [0.2, 0.25) is 11.6 Å². The minimum absolute atomic E-state index is 0.0350. The molecule has 0 saturated carbocycles. The summed E-state index contributed by atoms with van der Waals surface area (Å²) in [5.41, 5.74) is -0.193. The van der Waals surface area contributed by atoms with Crippen LogP contribution in [0.5, 0.6) is 11.6 Å². The third kappa shape index (κ3) is 2.63. The third-order valence-electron chi connectivity index (χ3n) is 2.21. The molecule has 1 aromatic heterocycles. The summed E-state index contributed by atoms with van der Waals surface area (Å²) in [6.07, 6.45) is 1.22. The van der Waals surface area contributed by atoms with Gasteiger partial charge in [0.25, 0.3) is 0 Å². The first kappa shape index (κ1) is 12.4. The van der Waals surface area contributed by atoms with Crippen molar-refractivity contribution in [1.29, 1.82) is 5.26 Å². The highest BCUT2D eigenvalue weighted by Gasteiger charge is 2.20. The molecule has 0 aliphatic heterocycles. The summed E-state index contributed by atoms with van der Waals surface area (Å²) in [6, 6.07) is 7.99. The summed E-state index contributed by atoms with van der Waals surface area (Å²) in [5.74, 6) is -1.41. The highest BCUT2D eigenvalue weighted by molar-refractivity contribution is 5.48. The Bertz CT molecular complexity index is 665. The molecule has 0 aliphatic carbocycles. The lowest BCUT2D eigenvalue weighted by Gasteiger charge is -2.05. The van der Waals surface area contributed by atoms with Crippen molar-refractivity contribution in [2.75, 3.05) is 0 Å². The van der Waals surface area contributed by atoms with E-state index in [9.17, 15) is 14.5 Å². The van der Waals surface area contributed by atoms with E-state index in [4.69, 9.17) is 10.00 Å². The Morgan fingerprint density at radius 2 is 2.16 bits per heavy atom. The Labute approximate surface area is 106 Å². The van der Waals surface area contributed by atoms with Crippen molar-refractivity contribution in [2.45, 2.75) is 0 Å². The van der Waals surface area contributed by atoms with Gasteiger partial charge in [0.15, 0.2) is 5.82 Å². The number of nitro groups is 1. The van der Waals surface area contributed by atoms with Crippen LogP contribution in [-0.2, 0) is 0 Å². The van der Waals surface area contributed by atoms with Crippen LogP contribution in [0.4, 0.5) is 10.1 Å². The summed E-state index contributed by atoms with van der Waals surface area (Å²) in [6.45, 7) is 0. The normalized spacial score (nSPS) is 9.68. The van der Waals surface area contributed by atoms with E-state index in [1.54, 1.807) is 0 Å². The van der Waals surface area contributed by atoms with Gasteiger partial charge in [0.05, 0.1) is 10.5 Å². The second kappa shape index (κ2) is 5.10. The Balaban J connectivity index is 2.37. The van der Waals surface area contributed by atoms with Gasteiger partial charge in [-0.3, -0.25) is 10.1 Å². The van der Waals surface area contributed by atoms with Crippen LogP contribution in [-0.4, -0.2) is 9.91 Å². The van der Waals surface area contributed by atoms with Crippen molar-refractivity contribution in [3.05, 3.63) is 58.0 Å². The molecule has 0 aliphatic rings. The van der Waals surface area contributed by atoms with Crippen LogP contribution in [0.2, 0.25) is 0 Å². The number of nitrogens with zero attached hydrogens (tertiary/aromatic N) is 3. The van der Waals surface area contributed by atoms with Gasteiger partial charge in [0.1, 0.15) is 6.07 Å². The van der Waals surface area contributed by atoms with Crippen LogP contribution < -0.4 is 4.74 Å². The number of nitro benzene ring substituents is 1. The maximum absolute atomic E-state index is 13.5. The van der Waals surface area contributed by atoms with Gasteiger partial charge in [-0.2, -0.15) is 5.26 Å². The molecular formula is C12H6FN3O3. The quantitative estimate of drug-likeness (QED) is 0.624. The van der Waals surface area contributed by atoms with Gasteiger partial charge in [-0.15, -0.1) is 0 Å². The number of ether oxygens (including phenoxy) is 1. The zero-order valence-electron chi connectivity index (χ0n) is 9.41. The molecule has 94 valence electrons. The van der Waals surface area contributed by atoms with E-state index in [-0.39, 0.29) is 5.88 Å². The predicted molar refractivity (Wildman–Crippen MR) is 62.1 cm³/mol. The minimum atomic E-state index is -0.861. The standard InChI is InChI=1S/C12H6FN3O3/c13-9-2-1-3-10(16(17)18)12(9)19-11-5-4-8(6-14)7-15-11/h1-5,7H. The fraction of sp³-hybridized carbons (Fsp3) is 0. The summed E-state index contributed by atoms with van der Waals surface area (Å²) in [7, 11) is 0. The van der Waals surface area contributed by atoms with Crippen LogP contribution in [0.15, 0.2) is 36.5 Å². The van der Waals surface area contributed by atoms with Crippen molar-refractivity contribution >= 4 is 5.69 Å². The molecule has 6 nitrogen and oxygen atoms in total. The molecule has 1 aromatic carbocycles. The number of nitriles is 1. The third-order valence-corrected chi connectivity index (χ3v) is 2.21. The molecule has 0 radical (unpaired) electrons. The monoisotopic (exact) mass is 259 g/mol. The lowest BCUT2D eigenvalue weighted by molar-refractivity contribution is -0.385. The van der Waals surface area contributed by atoms with Crippen LogP contribution in [0.3, 0.4) is 0 Å². The lowest BCUT2D eigenvalue weighted by Crippen LogP contribution is -1.97. The highest BCUT2D eigenvalue weighted by Crippen LogP contribution is 2.32. The summed E-state index contributed by atoms with van der Waals surface area (Å²) in [5, 5.41) is 19.4. The number of aromatic nitrogens is 1. The zero-order valence-corrected chi connectivity index (χ0v) is 9.41. The molecular weight excluding hydrogens is 253 g/mol. The smallest absolute Gasteiger partial charge is 0.314 e. The molecule has 0 saturated heterocycles. The van der Waals surface area contributed by atoms with E-state index < -0.39 is 22.2 Å². The maximum Gasteiger partial charge on any atom is 0.314 e. The molecule has 0 N–H and O–H groups in total. The molecule has 2 rings (SSSR count). The van der Waals surface area contributed by atoms with Gasteiger partial charge in [-0.25, -0.2) is 9.37 Å². The summed E-state index contributed by atoms with van der Waals surface area (Å²) in [4.78, 5) is 13.8. The van der Waals surface area contributed by atoms with E-state index in [0.29, 0.717) is 5.56 Å². The van der Waals surface area contributed by atoms with Gasteiger partial charge in [0, 0.05) is 18.3 Å². The number of rotatable bonds is 3. The summed E-state index contributed by atoms with van der Waals surface area (Å²) < 4.78 is 18.6. The van der Waals surface area contributed by atoms with Gasteiger partial charge < -0.3 is 4.74 Å². The molecule has 0 fully saturated rings. The average Bonchev–Trinajstić information content (AvgIpc) is 2.41. The van der Waals surface area contributed by atoms with Crippen LogP contribution in [0.25, 0.3) is 0 Å². The van der Waals surface area contributed by atoms with E-state index in [0.717, 1.165) is 12.1 Å². The molecule has 19 heavy (non-hydrogen) atoms. The van der Waals surface area contributed by atoms with Crippen molar-refractivity contribution in [1.82, 2.24) is 4.98 Å². The second-order valence-electron chi connectivity index (χ2n) is 3.44. The molecule has 0 spiro atoms. The number of hydrogen-bond donors (Lipinski definition) is 0. The van der Waals surface area contributed by atoms with Crippen LogP contribution >= 0.6 is 0 Å². The van der Waals surface area contributed by atoms with Gasteiger partial charge >= 0.3 is 5.69 Å². The Morgan fingerprint density at radius 1 is 1.37 bits per heavy atom.